The van der Waals surface area contributed by atoms with Gasteiger partial charge in [0.25, 0.3) is 0 Å². The number of rotatable bonds is 49. The van der Waals surface area contributed by atoms with Crippen LogP contribution in [0.4, 0.5) is 0 Å². The summed E-state index contributed by atoms with van der Waals surface area (Å²) in [5.41, 5.74) is 3.82. The molecular formula is C50H82O20. The zero-order valence-corrected chi connectivity index (χ0v) is 42.5. The summed E-state index contributed by atoms with van der Waals surface area (Å²) in [6.45, 7) is 9.86. The topological polar surface area (TPSA) is 207 Å². The van der Waals surface area contributed by atoms with E-state index in [4.69, 9.17) is 95.5 Å². The van der Waals surface area contributed by atoms with E-state index >= 15 is 0 Å². The average molecular weight is 1000 g/mol. The second-order valence-electron chi connectivity index (χ2n) is 14.7. The summed E-state index contributed by atoms with van der Waals surface area (Å²) in [5.74, 6) is 3.16. The first kappa shape index (κ1) is 62.3. The number of allylic oxidation sites excluding steroid dienone is 2. The lowest BCUT2D eigenvalue weighted by Gasteiger charge is -2.19. The molecule has 2 aromatic carbocycles. The van der Waals surface area contributed by atoms with Crippen LogP contribution in [0.1, 0.15) is 11.1 Å². The molecule has 0 aliphatic heterocycles. The van der Waals surface area contributed by atoms with Crippen LogP contribution >= 0.6 is 0 Å². The van der Waals surface area contributed by atoms with Crippen LogP contribution in [0.3, 0.4) is 0 Å². The van der Waals surface area contributed by atoms with Crippen molar-refractivity contribution >= 4 is 0 Å². The molecule has 0 bridgehead atoms. The molecule has 0 aliphatic carbocycles. The van der Waals surface area contributed by atoms with Gasteiger partial charge in [-0.25, -0.2) is 0 Å². The van der Waals surface area contributed by atoms with Gasteiger partial charge in [0.2, 0.25) is 11.5 Å². The van der Waals surface area contributed by atoms with E-state index in [0.717, 1.165) is 22.3 Å². The molecule has 0 saturated heterocycles. The highest BCUT2D eigenvalue weighted by molar-refractivity contribution is 5.56. The Hall–Kier alpha value is -3.84. The summed E-state index contributed by atoms with van der Waals surface area (Å²) >= 11 is 0. The normalized spacial score (nSPS) is 11.9. The van der Waals surface area contributed by atoms with Gasteiger partial charge in [-0.05, 0) is 59.4 Å². The van der Waals surface area contributed by atoms with Crippen molar-refractivity contribution in [3.8, 4) is 34.5 Å². The zero-order chi connectivity index (χ0) is 50.5. The maximum Gasteiger partial charge on any atom is 0.203 e. The number of benzene rings is 2. The standard InChI is InChI=1S/C50H82O20/c1-53-45-36-41(37-46(54-2)49(45)57-5)34-43(8-7-11-59-14-17-62-20-23-65-26-27-66-24-21-63-18-15-60-12-9-51)44(35-42-38-47(55-3)50(58-6)48(39-42)56-4)40-70-33-32-69-31-30-68-29-28-67-25-22-64-19-16-61-13-10-52/h7-8,36-39,51-52H,9-35,40H2,1-6H3/b8-7+,44-43-. The van der Waals surface area contributed by atoms with Crippen LogP contribution in [0.15, 0.2) is 47.6 Å². The van der Waals surface area contributed by atoms with E-state index in [1.165, 1.54) is 0 Å². The maximum atomic E-state index is 8.72. The Balaban J connectivity index is 2.04. The van der Waals surface area contributed by atoms with E-state index in [9.17, 15) is 0 Å². The van der Waals surface area contributed by atoms with Crippen molar-refractivity contribution in [2.24, 2.45) is 0 Å². The van der Waals surface area contributed by atoms with E-state index in [0.29, 0.717) is 199 Å². The summed E-state index contributed by atoms with van der Waals surface area (Å²) in [7, 11) is 9.52. The quantitative estimate of drug-likeness (QED) is 0.0718. The second kappa shape index (κ2) is 43.9. The molecule has 0 spiro atoms. The lowest BCUT2D eigenvalue weighted by Crippen LogP contribution is -2.15. The Bertz CT molecular complexity index is 1570. The minimum atomic E-state index is -0.00200. The average Bonchev–Trinajstić information content (AvgIpc) is 3.38. The van der Waals surface area contributed by atoms with Gasteiger partial charge in [-0.3, -0.25) is 0 Å². The Morgan fingerprint density at radius 2 is 0.643 bits per heavy atom. The Morgan fingerprint density at radius 1 is 0.357 bits per heavy atom. The molecular weight excluding hydrogens is 921 g/mol. The highest BCUT2D eigenvalue weighted by atomic mass is 16.6. The van der Waals surface area contributed by atoms with E-state index < -0.39 is 0 Å². The molecule has 0 radical (unpaired) electrons. The van der Waals surface area contributed by atoms with Crippen LogP contribution in [0.2, 0.25) is 0 Å². The van der Waals surface area contributed by atoms with Crippen molar-refractivity contribution in [2.75, 3.05) is 214 Å². The summed E-state index contributed by atoms with van der Waals surface area (Å²) in [6, 6.07) is 7.74. The van der Waals surface area contributed by atoms with Crippen LogP contribution in [-0.2, 0) is 69.7 Å². The lowest BCUT2D eigenvalue weighted by molar-refractivity contribution is -0.0174. The number of hydrogen-bond acceptors (Lipinski definition) is 20. The van der Waals surface area contributed by atoms with Gasteiger partial charge >= 0.3 is 0 Å². The first-order valence-corrected chi connectivity index (χ1v) is 23.6. The number of ether oxygens (including phenoxy) is 18. The molecule has 0 amide bonds. The lowest BCUT2D eigenvalue weighted by atomic mass is 9.94. The molecule has 0 fully saturated rings. The van der Waals surface area contributed by atoms with Gasteiger partial charge in [0.15, 0.2) is 23.0 Å². The van der Waals surface area contributed by atoms with Crippen LogP contribution in [0.5, 0.6) is 34.5 Å². The highest BCUT2D eigenvalue weighted by Gasteiger charge is 2.18. The van der Waals surface area contributed by atoms with Gasteiger partial charge in [0, 0.05) is 0 Å². The third-order valence-electron chi connectivity index (χ3n) is 9.72. The van der Waals surface area contributed by atoms with Gasteiger partial charge in [0.05, 0.1) is 214 Å². The number of aliphatic hydroxyl groups excluding tert-OH is 2. The molecule has 0 unspecified atom stereocenters. The van der Waals surface area contributed by atoms with Crippen LogP contribution in [-0.4, -0.2) is 225 Å². The maximum absolute atomic E-state index is 8.72. The fourth-order valence-electron chi connectivity index (χ4n) is 6.37. The summed E-state index contributed by atoms with van der Waals surface area (Å²) < 4.78 is 101. The van der Waals surface area contributed by atoms with E-state index in [2.05, 4.69) is 6.08 Å². The molecule has 0 atom stereocenters. The SMILES string of the molecule is COc1cc(CC(/C=C/COCCOCCOCCOCCOCCOCCO)=C(\COCCOCCOCCOCCOCCOCCO)Cc2cc(OC)c(OC)c(OC)c2)cc(OC)c1OC. The number of aliphatic hydroxyl groups is 2. The first-order chi connectivity index (χ1) is 34.5. The Morgan fingerprint density at radius 3 is 0.943 bits per heavy atom. The molecule has 0 heterocycles. The monoisotopic (exact) mass is 1000 g/mol. The molecule has 2 N–H and O–H groups in total. The molecule has 70 heavy (non-hydrogen) atoms. The first-order valence-electron chi connectivity index (χ1n) is 23.6. The summed E-state index contributed by atoms with van der Waals surface area (Å²) in [5, 5.41) is 17.4. The predicted molar refractivity (Wildman–Crippen MR) is 260 cm³/mol. The van der Waals surface area contributed by atoms with Gasteiger partial charge < -0.3 is 95.5 Å². The van der Waals surface area contributed by atoms with Crippen molar-refractivity contribution in [3.05, 3.63) is 58.7 Å². The molecule has 20 nitrogen and oxygen atoms in total. The molecule has 0 aromatic heterocycles. The molecule has 0 aliphatic rings. The van der Waals surface area contributed by atoms with Crippen molar-refractivity contribution in [3.63, 3.8) is 0 Å². The van der Waals surface area contributed by atoms with E-state index in [1.807, 2.05) is 30.3 Å². The van der Waals surface area contributed by atoms with Crippen molar-refractivity contribution < 1.29 is 95.5 Å². The van der Waals surface area contributed by atoms with Crippen LogP contribution in [0, 0.1) is 0 Å². The Kier molecular flexibility index (Phi) is 39.1. The fraction of sp³-hybridized carbons (Fsp3) is 0.680. The van der Waals surface area contributed by atoms with Crippen molar-refractivity contribution in [1.29, 1.82) is 0 Å². The zero-order valence-electron chi connectivity index (χ0n) is 42.5. The number of methoxy groups -OCH3 is 6. The van der Waals surface area contributed by atoms with Gasteiger partial charge in [0.1, 0.15) is 0 Å². The summed E-state index contributed by atoms with van der Waals surface area (Å²) in [6.07, 6.45) is 5.01. The third kappa shape index (κ3) is 28.9. The minimum absolute atomic E-state index is 0.00167. The smallest absolute Gasteiger partial charge is 0.203 e. The molecule has 20 heteroatoms. The van der Waals surface area contributed by atoms with Crippen molar-refractivity contribution in [1.82, 2.24) is 0 Å². The van der Waals surface area contributed by atoms with Gasteiger partial charge in [-0.2, -0.15) is 0 Å². The van der Waals surface area contributed by atoms with E-state index in [-0.39, 0.29) is 19.8 Å². The van der Waals surface area contributed by atoms with Gasteiger partial charge in [-0.15, -0.1) is 0 Å². The summed E-state index contributed by atoms with van der Waals surface area (Å²) in [4.78, 5) is 0. The third-order valence-corrected chi connectivity index (χ3v) is 9.72. The molecule has 402 valence electrons. The molecule has 0 saturated carbocycles. The molecule has 2 aromatic rings. The number of hydrogen-bond donors (Lipinski definition) is 2. The molecule has 2 rings (SSSR count). The van der Waals surface area contributed by atoms with Crippen molar-refractivity contribution in [2.45, 2.75) is 12.8 Å². The van der Waals surface area contributed by atoms with Crippen LogP contribution in [0.25, 0.3) is 0 Å². The van der Waals surface area contributed by atoms with Gasteiger partial charge in [-0.1, -0.05) is 12.2 Å². The van der Waals surface area contributed by atoms with Crippen LogP contribution < -0.4 is 28.4 Å². The minimum Gasteiger partial charge on any atom is -0.493 e. The van der Waals surface area contributed by atoms with E-state index in [1.54, 1.807) is 42.7 Å². The largest absolute Gasteiger partial charge is 0.493 e. The second-order valence-corrected chi connectivity index (χ2v) is 14.7. The highest BCUT2D eigenvalue weighted by Crippen LogP contribution is 2.40. The fourth-order valence-corrected chi connectivity index (χ4v) is 6.37. The predicted octanol–water partition coefficient (Wildman–Crippen LogP) is 3.56. The Labute approximate surface area is 415 Å².